The van der Waals surface area contributed by atoms with Gasteiger partial charge in [0.05, 0.1) is 11.7 Å². The molecule has 1 N–H and O–H groups in total. The maximum absolute atomic E-state index is 4.61. The van der Waals surface area contributed by atoms with Crippen LogP contribution in [0.1, 0.15) is 17.6 Å². The fourth-order valence-corrected chi connectivity index (χ4v) is 3.05. The summed E-state index contributed by atoms with van der Waals surface area (Å²) in [4.78, 5) is 15.8. The van der Waals surface area contributed by atoms with E-state index >= 15 is 0 Å². The zero-order valence-electron chi connectivity index (χ0n) is 12.6. The van der Waals surface area contributed by atoms with Gasteiger partial charge in [-0.15, -0.1) is 0 Å². The Morgan fingerprint density at radius 3 is 3.05 bits per heavy atom. The summed E-state index contributed by atoms with van der Waals surface area (Å²) >= 11 is 0. The predicted molar refractivity (Wildman–Crippen MR) is 82.2 cm³/mol. The van der Waals surface area contributed by atoms with E-state index < -0.39 is 0 Å². The number of nitrogens with zero attached hydrogens (tertiary/aromatic N) is 6. The van der Waals surface area contributed by atoms with Crippen molar-refractivity contribution in [3.8, 4) is 0 Å². The predicted octanol–water partition coefficient (Wildman–Crippen LogP) is 0.609. The van der Waals surface area contributed by atoms with Gasteiger partial charge in [-0.3, -0.25) is 9.30 Å². The Morgan fingerprint density at radius 2 is 2.23 bits per heavy atom. The van der Waals surface area contributed by atoms with Crippen molar-refractivity contribution in [2.24, 2.45) is 7.05 Å². The standard InChI is InChI=1S/C15H19N7/c1-20-7-5-17-14(20)13-9-16-4-8-21(13)10-12-11-22-6-2-3-18-15(22)19-12/h2-3,5-7,11,13,16H,4,8-10H2,1H3. The number of aryl methyl sites for hydroxylation is 1. The third kappa shape index (κ3) is 2.38. The summed E-state index contributed by atoms with van der Waals surface area (Å²) in [7, 11) is 2.05. The molecule has 0 aliphatic carbocycles. The van der Waals surface area contributed by atoms with E-state index in [-0.39, 0.29) is 6.04 Å². The Bertz CT molecular complexity index is 742. The lowest BCUT2D eigenvalue weighted by Gasteiger charge is -2.35. The lowest BCUT2D eigenvalue weighted by Crippen LogP contribution is -2.46. The van der Waals surface area contributed by atoms with E-state index in [1.807, 2.05) is 36.1 Å². The SMILES string of the molecule is Cn1ccnc1C1CNCCN1Cc1cn2cccnc2n1. The maximum Gasteiger partial charge on any atom is 0.233 e. The molecule has 0 spiro atoms. The highest BCUT2D eigenvalue weighted by Crippen LogP contribution is 2.22. The van der Waals surface area contributed by atoms with Crippen molar-refractivity contribution in [3.63, 3.8) is 0 Å². The monoisotopic (exact) mass is 297 g/mol. The molecule has 3 aromatic rings. The average molecular weight is 297 g/mol. The minimum Gasteiger partial charge on any atom is -0.337 e. The van der Waals surface area contributed by atoms with E-state index in [0.717, 1.165) is 43.5 Å². The lowest BCUT2D eigenvalue weighted by atomic mass is 10.1. The smallest absolute Gasteiger partial charge is 0.233 e. The third-order valence-corrected chi connectivity index (χ3v) is 4.16. The van der Waals surface area contributed by atoms with Crippen LogP contribution in [0.15, 0.2) is 37.1 Å². The van der Waals surface area contributed by atoms with Gasteiger partial charge in [-0.2, -0.15) is 0 Å². The number of imidazole rings is 2. The highest BCUT2D eigenvalue weighted by molar-refractivity contribution is 5.29. The van der Waals surface area contributed by atoms with Crippen LogP contribution in [0.4, 0.5) is 0 Å². The van der Waals surface area contributed by atoms with E-state index in [2.05, 4.69) is 35.9 Å². The second-order valence-electron chi connectivity index (χ2n) is 5.65. The summed E-state index contributed by atoms with van der Waals surface area (Å²) in [6.07, 6.45) is 9.66. The minimum atomic E-state index is 0.270. The van der Waals surface area contributed by atoms with Crippen molar-refractivity contribution < 1.29 is 0 Å². The summed E-state index contributed by atoms with van der Waals surface area (Å²) in [6.45, 7) is 3.70. The second kappa shape index (κ2) is 5.51. The molecule has 0 radical (unpaired) electrons. The fraction of sp³-hybridized carbons (Fsp3) is 0.400. The number of fused-ring (bicyclic) bond motifs is 1. The molecule has 1 saturated heterocycles. The van der Waals surface area contributed by atoms with Gasteiger partial charge in [-0.25, -0.2) is 15.0 Å². The number of aromatic nitrogens is 5. The van der Waals surface area contributed by atoms with E-state index in [9.17, 15) is 0 Å². The number of rotatable bonds is 3. The van der Waals surface area contributed by atoms with Crippen LogP contribution in [0.5, 0.6) is 0 Å². The van der Waals surface area contributed by atoms with Gasteiger partial charge in [0.2, 0.25) is 5.78 Å². The first-order valence-corrected chi connectivity index (χ1v) is 7.52. The summed E-state index contributed by atoms with van der Waals surface area (Å²) in [5, 5.41) is 3.46. The van der Waals surface area contributed by atoms with E-state index in [0.29, 0.717) is 0 Å². The molecular formula is C15H19N7. The third-order valence-electron chi connectivity index (χ3n) is 4.16. The van der Waals surface area contributed by atoms with Crippen LogP contribution in [0.25, 0.3) is 5.78 Å². The number of hydrogen-bond donors (Lipinski definition) is 1. The highest BCUT2D eigenvalue weighted by Gasteiger charge is 2.27. The molecule has 4 heterocycles. The highest BCUT2D eigenvalue weighted by atomic mass is 15.3. The molecule has 1 unspecified atom stereocenters. The Hall–Kier alpha value is -2.25. The van der Waals surface area contributed by atoms with E-state index in [1.54, 1.807) is 6.20 Å². The molecule has 1 aliphatic rings. The summed E-state index contributed by atoms with van der Waals surface area (Å²) in [5.74, 6) is 1.84. The molecule has 0 saturated carbocycles. The van der Waals surface area contributed by atoms with Crippen molar-refractivity contribution in [2.45, 2.75) is 12.6 Å². The van der Waals surface area contributed by atoms with Gasteiger partial charge < -0.3 is 9.88 Å². The molecule has 7 heteroatoms. The van der Waals surface area contributed by atoms with Gasteiger partial charge in [0.15, 0.2) is 0 Å². The minimum absolute atomic E-state index is 0.270. The molecule has 1 atom stereocenters. The molecule has 4 rings (SSSR count). The molecule has 114 valence electrons. The van der Waals surface area contributed by atoms with Crippen molar-refractivity contribution in [2.75, 3.05) is 19.6 Å². The van der Waals surface area contributed by atoms with E-state index in [1.165, 1.54) is 0 Å². The van der Waals surface area contributed by atoms with Crippen molar-refractivity contribution in [1.82, 2.24) is 34.1 Å². The van der Waals surface area contributed by atoms with Crippen LogP contribution in [0.2, 0.25) is 0 Å². The van der Waals surface area contributed by atoms with Crippen molar-refractivity contribution >= 4 is 5.78 Å². The lowest BCUT2D eigenvalue weighted by molar-refractivity contribution is 0.143. The molecule has 7 nitrogen and oxygen atoms in total. The summed E-state index contributed by atoms with van der Waals surface area (Å²) in [6, 6.07) is 2.19. The fourth-order valence-electron chi connectivity index (χ4n) is 3.05. The topological polar surface area (TPSA) is 63.3 Å². The van der Waals surface area contributed by atoms with Crippen LogP contribution in [-0.2, 0) is 13.6 Å². The first-order valence-electron chi connectivity index (χ1n) is 7.52. The van der Waals surface area contributed by atoms with Gasteiger partial charge in [0.1, 0.15) is 5.82 Å². The van der Waals surface area contributed by atoms with Gasteiger partial charge in [-0.05, 0) is 6.07 Å². The molecule has 0 aromatic carbocycles. The largest absolute Gasteiger partial charge is 0.337 e. The molecule has 1 aliphatic heterocycles. The molecule has 0 bridgehead atoms. The summed E-state index contributed by atoms with van der Waals surface area (Å²) < 4.78 is 4.06. The van der Waals surface area contributed by atoms with Gasteiger partial charge in [0.25, 0.3) is 0 Å². The molecule has 0 amide bonds. The van der Waals surface area contributed by atoms with Crippen molar-refractivity contribution in [1.29, 1.82) is 0 Å². The Morgan fingerprint density at radius 1 is 1.27 bits per heavy atom. The molecule has 1 fully saturated rings. The first-order chi connectivity index (χ1) is 10.8. The van der Waals surface area contributed by atoms with Gasteiger partial charge in [-0.1, -0.05) is 0 Å². The van der Waals surface area contributed by atoms with Crippen LogP contribution >= 0.6 is 0 Å². The zero-order chi connectivity index (χ0) is 14.9. The Labute approximate surface area is 128 Å². The summed E-state index contributed by atoms with van der Waals surface area (Å²) in [5.41, 5.74) is 1.04. The molecular weight excluding hydrogens is 278 g/mol. The van der Waals surface area contributed by atoms with Crippen LogP contribution in [0.3, 0.4) is 0 Å². The van der Waals surface area contributed by atoms with Crippen LogP contribution in [0, 0.1) is 0 Å². The van der Waals surface area contributed by atoms with Crippen molar-refractivity contribution in [3.05, 3.63) is 48.6 Å². The number of nitrogens with one attached hydrogen (secondary N) is 1. The number of hydrogen-bond acceptors (Lipinski definition) is 5. The first kappa shape index (κ1) is 13.4. The van der Waals surface area contributed by atoms with Crippen LogP contribution in [-0.4, -0.2) is 48.5 Å². The maximum atomic E-state index is 4.61. The Balaban J connectivity index is 1.60. The van der Waals surface area contributed by atoms with Crippen LogP contribution < -0.4 is 5.32 Å². The van der Waals surface area contributed by atoms with Gasteiger partial charge >= 0.3 is 0 Å². The molecule has 22 heavy (non-hydrogen) atoms. The quantitative estimate of drug-likeness (QED) is 0.767. The van der Waals surface area contributed by atoms with E-state index in [4.69, 9.17) is 0 Å². The normalized spacial score (nSPS) is 19.8. The zero-order valence-corrected chi connectivity index (χ0v) is 12.6. The average Bonchev–Trinajstić information content (AvgIpc) is 3.13. The Kier molecular flexibility index (Phi) is 3.36. The second-order valence-corrected chi connectivity index (χ2v) is 5.65. The molecule has 3 aromatic heterocycles. The number of piperazine rings is 1. The van der Waals surface area contributed by atoms with Gasteiger partial charge in [0, 0.05) is 64.2 Å².